The highest BCUT2D eigenvalue weighted by atomic mass is 16.5. The quantitative estimate of drug-likeness (QED) is 0.679. The van der Waals surface area contributed by atoms with Crippen LogP contribution in [0.15, 0.2) is 0 Å². The molecule has 15 heavy (non-hydrogen) atoms. The zero-order chi connectivity index (χ0) is 10.5. The van der Waals surface area contributed by atoms with Crippen molar-refractivity contribution in [3.8, 4) is 0 Å². The van der Waals surface area contributed by atoms with Crippen LogP contribution < -0.4 is 0 Å². The summed E-state index contributed by atoms with van der Waals surface area (Å²) in [4.78, 5) is 0. The second kappa shape index (κ2) is 5.89. The fourth-order valence-electron chi connectivity index (χ4n) is 3.56. The summed E-state index contributed by atoms with van der Waals surface area (Å²) < 4.78 is 5.51. The Balaban J connectivity index is 1.72. The van der Waals surface area contributed by atoms with E-state index in [4.69, 9.17) is 4.74 Å². The molecule has 0 radical (unpaired) electrons. The molecule has 1 heteroatoms. The smallest absolute Gasteiger partial charge is 0.0574 e. The number of rotatable bonds is 3. The fraction of sp³-hybridized carbons (Fsp3) is 1.00. The molecule has 2 aliphatic carbocycles. The van der Waals surface area contributed by atoms with Crippen molar-refractivity contribution in [3.63, 3.8) is 0 Å². The summed E-state index contributed by atoms with van der Waals surface area (Å²) >= 11 is 0. The molecule has 0 aromatic heterocycles. The van der Waals surface area contributed by atoms with E-state index < -0.39 is 0 Å². The van der Waals surface area contributed by atoms with E-state index in [0.29, 0.717) is 6.10 Å². The lowest BCUT2D eigenvalue weighted by atomic mass is 9.77. The van der Waals surface area contributed by atoms with E-state index in [1.807, 2.05) is 7.11 Å². The molecule has 0 amide bonds. The Kier molecular flexibility index (Phi) is 4.49. The Morgan fingerprint density at radius 1 is 0.867 bits per heavy atom. The first-order valence-electron chi connectivity index (χ1n) is 6.91. The molecular formula is C14H26O. The van der Waals surface area contributed by atoms with Crippen LogP contribution in [0.1, 0.15) is 64.2 Å². The normalized spacial score (nSPS) is 34.2. The molecule has 0 aromatic carbocycles. The molecular weight excluding hydrogens is 184 g/mol. The lowest BCUT2D eigenvalue weighted by Gasteiger charge is -2.32. The highest BCUT2D eigenvalue weighted by Gasteiger charge is 2.25. The molecule has 2 aliphatic rings. The Hall–Kier alpha value is -0.0400. The minimum atomic E-state index is 0.576. The third kappa shape index (κ3) is 3.48. The summed E-state index contributed by atoms with van der Waals surface area (Å²) in [5.74, 6) is 2.03. The zero-order valence-corrected chi connectivity index (χ0v) is 10.2. The first kappa shape index (κ1) is 11.4. The summed E-state index contributed by atoms with van der Waals surface area (Å²) in [5, 5.41) is 0. The molecule has 0 N–H and O–H groups in total. The van der Waals surface area contributed by atoms with E-state index >= 15 is 0 Å². The van der Waals surface area contributed by atoms with E-state index in [1.165, 1.54) is 64.2 Å². The molecule has 2 saturated carbocycles. The largest absolute Gasteiger partial charge is 0.381 e. The van der Waals surface area contributed by atoms with Gasteiger partial charge in [0.05, 0.1) is 6.10 Å². The van der Waals surface area contributed by atoms with Crippen molar-refractivity contribution >= 4 is 0 Å². The van der Waals surface area contributed by atoms with Gasteiger partial charge in [-0.2, -0.15) is 0 Å². The Morgan fingerprint density at radius 2 is 1.60 bits per heavy atom. The number of hydrogen-bond acceptors (Lipinski definition) is 1. The predicted molar refractivity (Wildman–Crippen MR) is 63.9 cm³/mol. The van der Waals surface area contributed by atoms with Gasteiger partial charge in [-0.25, -0.2) is 0 Å². The minimum Gasteiger partial charge on any atom is -0.381 e. The van der Waals surface area contributed by atoms with Gasteiger partial charge in [0, 0.05) is 7.11 Å². The summed E-state index contributed by atoms with van der Waals surface area (Å²) in [6.07, 6.45) is 15.1. The second-order valence-corrected chi connectivity index (χ2v) is 5.63. The van der Waals surface area contributed by atoms with Gasteiger partial charge in [0.2, 0.25) is 0 Å². The van der Waals surface area contributed by atoms with Crippen LogP contribution >= 0.6 is 0 Å². The van der Waals surface area contributed by atoms with Gasteiger partial charge in [-0.15, -0.1) is 0 Å². The number of methoxy groups -OCH3 is 1. The molecule has 88 valence electrons. The van der Waals surface area contributed by atoms with Crippen LogP contribution in [-0.4, -0.2) is 13.2 Å². The van der Waals surface area contributed by atoms with Crippen LogP contribution in [-0.2, 0) is 4.74 Å². The lowest BCUT2D eigenvalue weighted by molar-refractivity contribution is 0.0439. The highest BCUT2D eigenvalue weighted by molar-refractivity contribution is 4.77. The van der Waals surface area contributed by atoms with E-state index in [2.05, 4.69) is 0 Å². The van der Waals surface area contributed by atoms with E-state index in [-0.39, 0.29) is 0 Å². The second-order valence-electron chi connectivity index (χ2n) is 5.63. The van der Waals surface area contributed by atoms with E-state index in [1.54, 1.807) is 0 Å². The van der Waals surface area contributed by atoms with Gasteiger partial charge in [-0.05, 0) is 31.1 Å². The summed E-state index contributed by atoms with van der Waals surface area (Å²) in [6.45, 7) is 0. The van der Waals surface area contributed by atoms with Gasteiger partial charge in [-0.1, -0.05) is 44.9 Å². The standard InChI is InChI=1S/C14H26O/c1-15-14-9-5-8-13(11-14)10-12-6-3-2-4-7-12/h12-14H,2-11H2,1H3. The molecule has 2 fully saturated rings. The molecule has 0 spiro atoms. The maximum atomic E-state index is 5.51. The van der Waals surface area contributed by atoms with E-state index in [9.17, 15) is 0 Å². The van der Waals surface area contributed by atoms with Gasteiger partial charge in [-0.3, -0.25) is 0 Å². The lowest BCUT2D eigenvalue weighted by Crippen LogP contribution is -2.24. The Labute approximate surface area is 94.6 Å². The molecule has 0 saturated heterocycles. The molecule has 1 nitrogen and oxygen atoms in total. The predicted octanol–water partition coefficient (Wildman–Crippen LogP) is 4.16. The Bertz CT molecular complexity index is 172. The first-order valence-corrected chi connectivity index (χ1v) is 6.91. The molecule has 2 rings (SSSR count). The van der Waals surface area contributed by atoms with Gasteiger partial charge in [0.1, 0.15) is 0 Å². The topological polar surface area (TPSA) is 9.23 Å². The molecule has 2 atom stereocenters. The molecule has 0 bridgehead atoms. The van der Waals surface area contributed by atoms with Crippen LogP contribution in [0.25, 0.3) is 0 Å². The van der Waals surface area contributed by atoms with Crippen molar-refractivity contribution in [2.75, 3.05) is 7.11 Å². The van der Waals surface area contributed by atoms with Gasteiger partial charge in [0.25, 0.3) is 0 Å². The van der Waals surface area contributed by atoms with Gasteiger partial charge >= 0.3 is 0 Å². The average molecular weight is 210 g/mol. The van der Waals surface area contributed by atoms with Crippen LogP contribution in [0, 0.1) is 11.8 Å². The van der Waals surface area contributed by atoms with Crippen LogP contribution in [0.5, 0.6) is 0 Å². The van der Waals surface area contributed by atoms with E-state index in [0.717, 1.165) is 11.8 Å². The third-order valence-corrected chi connectivity index (χ3v) is 4.46. The van der Waals surface area contributed by atoms with Crippen molar-refractivity contribution in [1.82, 2.24) is 0 Å². The first-order chi connectivity index (χ1) is 7.38. The fourth-order valence-corrected chi connectivity index (χ4v) is 3.56. The van der Waals surface area contributed by atoms with Crippen LogP contribution in [0.4, 0.5) is 0 Å². The zero-order valence-electron chi connectivity index (χ0n) is 10.2. The number of ether oxygens (including phenoxy) is 1. The summed E-state index contributed by atoms with van der Waals surface area (Å²) in [7, 11) is 1.88. The maximum absolute atomic E-state index is 5.51. The van der Waals surface area contributed by atoms with Gasteiger partial charge in [0.15, 0.2) is 0 Å². The molecule has 0 aromatic rings. The average Bonchev–Trinajstić information content (AvgIpc) is 2.31. The van der Waals surface area contributed by atoms with Gasteiger partial charge < -0.3 is 4.74 Å². The molecule has 2 unspecified atom stereocenters. The van der Waals surface area contributed by atoms with Crippen molar-refractivity contribution in [2.45, 2.75) is 70.3 Å². The minimum absolute atomic E-state index is 0.576. The highest BCUT2D eigenvalue weighted by Crippen LogP contribution is 2.35. The van der Waals surface area contributed by atoms with Crippen molar-refractivity contribution in [2.24, 2.45) is 11.8 Å². The van der Waals surface area contributed by atoms with Crippen molar-refractivity contribution in [1.29, 1.82) is 0 Å². The SMILES string of the molecule is COC1CCCC(CC2CCCCC2)C1. The number of hydrogen-bond donors (Lipinski definition) is 0. The molecule has 0 aliphatic heterocycles. The monoisotopic (exact) mass is 210 g/mol. The summed E-state index contributed by atoms with van der Waals surface area (Å²) in [6, 6.07) is 0. The molecule has 0 heterocycles. The third-order valence-electron chi connectivity index (χ3n) is 4.46. The maximum Gasteiger partial charge on any atom is 0.0574 e. The Morgan fingerprint density at radius 3 is 2.33 bits per heavy atom. The van der Waals surface area contributed by atoms with Crippen LogP contribution in [0.3, 0.4) is 0 Å². The van der Waals surface area contributed by atoms with Crippen molar-refractivity contribution in [3.05, 3.63) is 0 Å². The van der Waals surface area contributed by atoms with Crippen LogP contribution in [0.2, 0.25) is 0 Å². The summed E-state index contributed by atoms with van der Waals surface area (Å²) in [5.41, 5.74) is 0. The van der Waals surface area contributed by atoms with Crippen molar-refractivity contribution < 1.29 is 4.74 Å².